The van der Waals surface area contributed by atoms with Crippen LogP contribution in [0, 0.1) is 5.41 Å². The molecule has 2 aliphatic heterocycles. The molecule has 0 radical (unpaired) electrons. The second-order valence-corrected chi connectivity index (χ2v) is 15.7. The smallest absolute Gasteiger partial charge is 0.341 e. The maximum absolute atomic E-state index is 12.7. The molecule has 0 saturated heterocycles. The largest absolute Gasteiger partial charge is 0.493 e. The van der Waals surface area contributed by atoms with E-state index in [1.54, 1.807) is 33.5 Å². The van der Waals surface area contributed by atoms with Crippen LogP contribution in [0.25, 0.3) is 11.3 Å². The topological polar surface area (TPSA) is 190 Å². The number of rotatable bonds is 27. The Kier molecular flexibility index (Phi) is 18.6. The molecule has 0 unspecified atom stereocenters. The van der Waals surface area contributed by atoms with Gasteiger partial charge < -0.3 is 62.8 Å². The van der Waals surface area contributed by atoms with Crippen LogP contribution in [0.4, 0.5) is 0 Å². The van der Waals surface area contributed by atoms with E-state index in [0.717, 1.165) is 22.3 Å². The number of methoxy groups -OCH3 is 3. The summed E-state index contributed by atoms with van der Waals surface area (Å²) in [5, 5.41) is 9.60. The fourth-order valence-electron chi connectivity index (χ4n) is 7.09. The molecule has 3 heterocycles. The number of allylic oxidation sites excluding steroid dienone is 2. The molecule has 5 rings (SSSR count). The first-order valence-corrected chi connectivity index (χ1v) is 21.1. The summed E-state index contributed by atoms with van der Waals surface area (Å²) in [4.78, 5) is 28.8. The maximum Gasteiger partial charge on any atom is 0.341 e. The molecule has 2 aliphatic rings. The van der Waals surface area contributed by atoms with Gasteiger partial charge in [0.15, 0.2) is 28.4 Å². The highest BCUT2D eigenvalue weighted by Gasteiger charge is 2.34. The Balaban J connectivity index is 0.900. The fraction of sp³-hybridized carbons (Fsp3) is 0.458. The maximum atomic E-state index is 12.7. The highest BCUT2D eigenvalue weighted by Crippen LogP contribution is 2.46. The van der Waals surface area contributed by atoms with Gasteiger partial charge >= 0.3 is 5.97 Å². The van der Waals surface area contributed by atoms with Gasteiger partial charge in [0.2, 0.25) is 5.75 Å². The van der Waals surface area contributed by atoms with E-state index < -0.39 is 11.4 Å². The summed E-state index contributed by atoms with van der Waals surface area (Å²) >= 11 is 0. The van der Waals surface area contributed by atoms with Crippen LogP contribution in [0.1, 0.15) is 48.3 Å². The van der Waals surface area contributed by atoms with Crippen LogP contribution in [-0.2, 0) is 36.5 Å². The number of nitrogens with two attached hydrogens (primary N) is 1. The Morgan fingerprint density at radius 1 is 0.812 bits per heavy atom. The molecule has 0 fully saturated rings. The number of benzene rings is 2. The van der Waals surface area contributed by atoms with Crippen LogP contribution in [0.5, 0.6) is 28.7 Å². The summed E-state index contributed by atoms with van der Waals surface area (Å²) in [5.41, 5.74) is 13.0. The van der Waals surface area contributed by atoms with Crippen molar-refractivity contribution >= 4 is 11.8 Å². The molecule has 0 saturated carbocycles. The summed E-state index contributed by atoms with van der Waals surface area (Å²) in [6.07, 6.45) is 7.83. The first-order chi connectivity index (χ1) is 30.9. The molecule has 3 N–H and O–H groups in total. The highest BCUT2D eigenvalue weighted by molar-refractivity contribution is 5.98. The first-order valence-electron chi connectivity index (χ1n) is 21.1. The monoisotopic (exact) mass is 887 g/mol. The van der Waals surface area contributed by atoms with E-state index in [9.17, 15) is 14.7 Å². The van der Waals surface area contributed by atoms with Crippen molar-refractivity contribution in [3.05, 3.63) is 105 Å². The molecule has 0 spiro atoms. The van der Waals surface area contributed by atoms with Crippen molar-refractivity contribution in [3.8, 4) is 40.0 Å². The lowest BCUT2D eigenvalue weighted by Crippen LogP contribution is -2.32. The minimum absolute atomic E-state index is 0.0864. The number of hydrogen-bond donors (Lipinski definition) is 2. The Bertz CT molecular complexity index is 2240. The minimum Gasteiger partial charge on any atom is -0.493 e. The third-order valence-corrected chi connectivity index (χ3v) is 10.4. The summed E-state index contributed by atoms with van der Waals surface area (Å²) in [6.45, 7) is 14.6. The molecule has 346 valence electrons. The van der Waals surface area contributed by atoms with Gasteiger partial charge in [-0.25, -0.2) is 9.79 Å². The molecule has 2 aromatic carbocycles. The molecule has 3 aromatic rings. The van der Waals surface area contributed by atoms with Crippen molar-refractivity contribution in [1.82, 2.24) is 4.57 Å². The molecule has 1 atom stereocenters. The van der Waals surface area contributed by atoms with Gasteiger partial charge in [-0.2, -0.15) is 0 Å². The molecule has 16 heteroatoms. The number of aromatic carboxylic acids is 1. The van der Waals surface area contributed by atoms with Crippen LogP contribution >= 0.6 is 0 Å². The van der Waals surface area contributed by atoms with Crippen molar-refractivity contribution < 1.29 is 57.3 Å². The van der Waals surface area contributed by atoms with Crippen LogP contribution in [0.15, 0.2) is 88.1 Å². The lowest BCUT2D eigenvalue weighted by Gasteiger charge is -2.39. The highest BCUT2D eigenvalue weighted by atomic mass is 16.6. The third kappa shape index (κ3) is 13.6. The standard InChI is InChI=1S/C48H61N3O13/c1-8-35-11-9-10-33(46(49)50-35)24-32-25-42(56-6)45(43(26-32)57-7)64-23-21-62-19-17-60-15-13-58-12-14-59-16-18-61-20-22-63-41-27-34-28-44(48(2,3)4)51-31-37(47(53)54)39(52)30-38(51)36(34)29-40(41)55-5/h8-10,25-27,29-31,44H,1,12-24,28H2,2-7H3,(H2,49,50)(H,53,54)/t44-/m0/s1. The molecule has 0 aliphatic carbocycles. The van der Waals surface area contributed by atoms with Gasteiger partial charge in [0.1, 0.15) is 30.3 Å². The predicted molar refractivity (Wildman–Crippen MR) is 242 cm³/mol. The molecule has 16 nitrogen and oxygen atoms in total. The van der Waals surface area contributed by atoms with Crippen LogP contribution in [0.2, 0.25) is 0 Å². The lowest BCUT2D eigenvalue weighted by atomic mass is 9.78. The van der Waals surface area contributed by atoms with E-state index in [2.05, 4.69) is 38.1 Å². The number of aliphatic imine (C=N–C) groups is 1. The SMILES string of the molecule is C=CC1=C=CC=C(Cc2cc(OC)c(OCCOCCOCCOCCOCCOCCOc3cc4c(cc3OC)-c3cc(=O)c(C(=O)O)cn3[C@H](C(C)(C)C)C4)c(OC)c2)C(N)=N1. The number of carbonyl (C=O) groups is 1. The van der Waals surface area contributed by atoms with E-state index in [-0.39, 0.29) is 23.6 Å². The summed E-state index contributed by atoms with van der Waals surface area (Å²) in [7, 11) is 4.70. The zero-order valence-electron chi connectivity index (χ0n) is 37.7. The number of aromatic nitrogens is 1. The second-order valence-electron chi connectivity index (χ2n) is 15.7. The van der Waals surface area contributed by atoms with Gasteiger partial charge in [0.05, 0.1) is 93.1 Å². The number of fused-ring (bicyclic) bond motifs is 3. The summed E-state index contributed by atoms with van der Waals surface area (Å²) in [6, 6.07) is 8.85. The van der Waals surface area contributed by atoms with Gasteiger partial charge in [-0.15, -0.1) is 0 Å². The zero-order valence-corrected chi connectivity index (χ0v) is 37.7. The molecular weight excluding hydrogens is 827 g/mol. The average molecular weight is 888 g/mol. The van der Waals surface area contributed by atoms with E-state index in [0.29, 0.717) is 131 Å². The van der Waals surface area contributed by atoms with Gasteiger partial charge in [-0.05, 0) is 71.0 Å². The number of nitrogens with zero attached hydrogens (tertiary/aromatic N) is 2. The zero-order chi connectivity index (χ0) is 46.1. The van der Waals surface area contributed by atoms with Gasteiger partial charge in [0, 0.05) is 30.3 Å². The Labute approximate surface area is 374 Å². The molecule has 0 amide bonds. The van der Waals surface area contributed by atoms with Crippen molar-refractivity contribution in [2.75, 3.05) is 101 Å². The third-order valence-electron chi connectivity index (χ3n) is 10.4. The lowest BCUT2D eigenvalue weighted by molar-refractivity contribution is -0.0142. The molecule has 0 bridgehead atoms. The summed E-state index contributed by atoms with van der Waals surface area (Å²) in [5.74, 6) is 1.75. The Morgan fingerprint density at radius 3 is 1.88 bits per heavy atom. The quantitative estimate of drug-likeness (QED) is 0.0671. The number of ether oxygens (including phenoxy) is 10. The Hall–Kier alpha value is -5.87. The first kappa shape index (κ1) is 49.2. The van der Waals surface area contributed by atoms with Crippen LogP contribution in [-0.4, -0.2) is 122 Å². The summed E-state index contributed by atoms with van der Waals surface area (Å²) < 4.78 is 59.0. The van der Waals surface area contributed by atoms with Crippen molar-refractivity contribution in [2.45, 2.75) is 39.7 Å². The van der Waals surface area contributed by atoms with Gasteiger partial charge in [-0.1, -0.05) is 33.1 Å². The van der Waals surface area contributed by atoms with Crippen LogP contribution < -0.4 is 34.8 Å². The predicted octanol–water partition coefficient (Wildman–Crippen LogP) is 5.99. The van der Waals surface area contributed by atoms with Gasteiger partial charge in [0.25, 0.3) is 0 Å². The van der Waals surface area contributed by atoms with Crippen molar-refractivity contribution in [2.24, 2.45) is 16.1 Å². The van der Waals surface area contributed by atoms with E-state index >= 15 is 0 Å². The number of carboxylic acid groups (broad SMARTS) is 1. The normalized spacial score (nSPS) is 14.3. The van der Waals surface area contributed by atoms with Crippen LogP contribution in [0.3, 0.4) is 0 Å². The van der Waals surface area contributed by atoms with Crippen molar-refractivity contribution in [1.29, 1.82) is 0 Å². The van der Waals surface area contributed by atoms with E-state index in [1.807, 2.05) is 34.9 Å². The fourth-order valence-corrected chi connectivity index (χ4v) is 7.09. The number of amidine groups is 1. The second kappa shape index (κ2) is 24.3. The number of carboxylic acids is 1. The number of hydrogen-bond acceptors (Lipinski definition) is 14. The minimum atomic E-state index is -1.24. The number of pyridine rings is 1. The van der Waals surface area contributed by atoms with E-state index in [1.165, 1.54) is 12.3 Å². The molecule has 1 aromatic heterocycles. The van der Waals surface area contributed by atoms with E-state index in [4.69, 9.17) is 53.1 Å². The molecule has 64 heavy (non-hydrogen) atoms. The van der Waals surface area contributed by atoms with Crippen molar-refractivity contribution in [3.63, 3.8) is 0 Å². The molecular formula is C48H61N3O13. The average Bonchev–Trinajstić information content (AvgIpc) is 3.45. The van der Waals surface area contributed by atoms with Gasteiger partial charge in [-0.3, -0.25) is 4.79 Å². The Morgan fingerprint density at radius 2 is 1.36 bits per heavy atom.